The van der Waals surface area contributed by atoms with Crippen LogP contribution in [0.15, 0.2) is 53.4 Å². The number of nitrogens with one attached hydrogen (secondary N) is 1. The van der Waals surface area contributed by atoms with Crippen LogP contribution in [0.4, 0.5) is 4.79 Å². The van der Waals surface area contributed by atoms with E-state index in [0.29, 0.717) is 17.9 Å². The summed E-state index contributed by atoms with van der Waals surface area (Å²) in [5.74, 6) is 0.747. The number of hydrogen-bond acceptors (Lipinski definition) is 5. The number of amides is 2. The molecule has 0 saturated carbocycles. The van der Waals surface area contributed by atoms with Crippen LogP contribution in [0.2, 0.25) is 0 Å². The van der Waals surface area contributed by atoms with Gasteiger partial charge in [0.1, 0.15) is 16.4 Å². The molecule has 0 bridgehead atoms. The lowest BCUT2D eigenvalue weighted by Gasteiger charge is -2.29. The van der Waals surface area contributed by atoms with E-state index in [9.17, 15) is 13.2 Å². The highest BCUT2D eigenvalue weighted by Gasteiger charge is 2.23. The highest BCUT2D eigenvalue weighted by molar-refractivity contribution is 7.87. The number of benzene rings is 2. The fourth-order valence-electron chi connectivity index (χ4n) is 2.71. The Kier molecular flexibility index (Phi) is 7.90. The Morgan fingerprint density at radius 2 is 1.76 bits per heavy atom. The minimum absolute atomic E-state index is 0.0206. The van der Waals surface area contributed by atoms with Crippen molar-refractivity contribution in [3.63, 3.8) is 0 Å². The van der Waals surface area contributed by atoms with Crippen LogP contribution in [0.1, 0.15) is 32.8 Å². The van der Waals surface area contributed by atoms with Gasteiger partial charge in [-0.2, -0.15) is 8.42 Å². The molecule has 0 radical (unpaired) electrons. The number of para-hydroxylation sites is 1. The lowest BCUT2D eigenvalue weighted by Crippen LogP contribution is -2.44. The number of rotatable bonds is 9. The number of ether oxygens (including phenoxy) is 1. The predicted octanol–water partition coefficient (Wildman–Crippen LogP) is 3.79. The largest absolute Gasteiger partial charge is 0.497 e. The smallest absolute Gasteiger partial charge is 0.339 e. The van der Waals surface area contributed by atoms with Crippen LogP contribution in [-0.2, 0) is 16.7 Å². The molecule has 0 aliphatic carbocycles. The van der Waals surface area contributed by atoms with E-state index < -0.39 is 10.1 Å². The lowest BCUT2D eigenvalue weighted by molar-refractivity contribution is 0.173. The third-order valence-corrected chi connectivity index (χ3v) is 5.82. The molecule has 1 atom stereocenters. The molecule has 7 nitrogen and oxygen atoms in total. The number of urea groups is 1. The van der Waals surface area contributed by atoms with E-state index in [2.05, 4.69) is 5.32 Å². The van der Waals surface area contributed by atoms with Crippen molar-refractivity contribution in [1.29, 1.82) is 0 Å². The van der Waals surface area contributed by atoms with Crippen LogP contribution >= 0.6 is 0 Å². The molecule has 2 aromatic carbocycles. The average molecular weight is 421 g/mol. The Balaban J connectivity index is 2.30. The molecule has 0 spiro atoms. The molecule has 8 heteroatoms. The summed E-state index contributed by atoms with van der Waals surface area (Å²) in [6.07, 6.45) is 0.768. The summed E-state index contributed by atoms with van der Waals surface area (Å²) >= 11 is 0. The van der Waals surface area contributed by atoms with Gasteiger partial charge in [-0.05, 0) is 50.6 Å². The number of hydrogen-bond donors (Lipinski definition) is 1. The fourth-order valence-corrected chi connectivity index (χ4v) is 3.67. The zero-order chi connectivity index (χ0) is 21.4. The van der Waals surface area contributed by atoms with Crippen LogP contribution in [0, 0.1) is 0 Å². The second-order valence-corrected chi connectivity index (χ2v) is 8.09. The van der Waals surface area contributed by atoms with Crippen molar-refractivity contribution in [2.75, 3.05) is 13.7 Å². The predicted molar refractivity (Wildman–Crippen MR) is 112 cm³/mol. The van der Waals surface area contributed by atoms with Crippen molar-refractivity contribution < 1.29 is 22.1 Å². The summed E-state index contributed by atoms with van der Waals surface area (Å²) in [7, 11) is -2.52. The van der Waals surface area contributed by atoms with Gasteiger partial charge in [0, 0.05) is 18.2 Å². The van der Waals surface area contributed by atoms with Crippen molar-refractivity contribution in [2.45, 2.75) is 44.7 Å². The van der Waals surface area contributed by atoms with Crippen molar-refractivity contribution in [1.82, 2.24) is 10.2 Å². The summed E-state index contributed by atoms with van der Waals surface area (Å²) in [5.41, 5.74) is 0.608. The fraction of sp³-hybridized carbons (Fsp3) is 0.381. The molecule has 0 aliphatic rings. The average Bonchev–Trinajstić information content (AvgIpc) is 2.72. The summed E-state index contributed by atoms with van der Waals surface area (Å²) < 4.78 is 35.9. The van der Waals surface area contributed by atoms with Gasteiger partial charge in [-0.3, -0.25) is 0 Å². The molecule has 0 unspecified atom stereocenters. The molecule has 158 valence electrons. The Bertz CT molecular complexity index is 913. The minimum Gasteiger partial charge on any atom is -0.497 e. The van der Waals surface area contributed by atoms with Gasteiger partial charge in [0.15, 0.2) is 0 Å². The second-order valence-electron chi connectivity index (χ2n) is 6.54. The normalized spacial score (nSPS) is 12.1. The highest BCUT2D eigenvalue weighted by Crippen LogP contribution is 2.26. The van der Waals surface area contributed by atoms with Crippen LogP contribution < -0.4 is 14.2 Å². The third-order valence-electron chi connectivity index (χ3n) is 4.57. The number of nitrogens with zero attached hydrogens (tertiary/aromatic N) is 1. The zero-order valence-electron chi connectivity index (χ0n) is 17.2. The maximum absolute atomic E-state index is 12.7. The summed E-state index contributed by atoms with van der Waals surface area (Å²) in [4.78, 5) is 14.2. The van der Waals surface area contributed by atoms with Crippen molar-refractivity contribution in [2.24, 2.45) is 0 Å². The van der Waals surface area contributed by atoms with Gasteiger partial charge in [0.05, 0.1) is 13.7 Å². The molecular weight excluding hydrogens is 392 g/mol. The first kappa shape index (κ1) is 22.5. The molecule has 2 amide bonds. The first-order chi connectivity index (χ1) is 13.8. The van der Waals surface area contributed by atoms with Crippen LogP contribution in [0.3, 0.4) is 0 Å². The molecule has 0 saturated heterocycles. The lowest BCUT2D eigenvalue weighted by atomic mass is 10.1. The first-order valence-electron chi connectivity index (χ1n) is 9.53. The zero-order valence-corrected chi connectivity index (χ0v) is 18.0. The topological polar surface area (TPSA) is 84.9 Å². The molecule has 0 heterocycles. The van der Waals surface area contributed by atoms with E-state index in [1.165, 1.54) is 19.2 Å². The summed E-state index contributed by atoms with van der Waals surface area (Å²) in [6.45, 7) is 6.54. The van der Waals surface area contributed by atoms with Gasteiger partial charge in [0.2, 0.25) is 0 Å². The maximum Gasteiger partial charge on any atom is 0.339 e. The molecule has 29 heavy (non-hydrogen) atoms. The molecule has 1 N–H and O–H groups in total. The number of methoxy groups -OCH3 is 1. The molecule has 0 aromatic heterocycles. The Morgan fingerprint density at radius 3 is 2.34 bits per heavy atom. The van der Waals surface area contributed by atoms with E-state index in [0.717, 1.165) is 6.42 Å². The molecule has 2 aromatic rings. The number of carbonyl (C=O) groups excluding carboxylic acids is 1. The minimum atomic E-state index is -4.03. The van der Waals surface area contributed by atoms with Gasteiger partial charge in [-0.25, -0.2) is 4.79 Å². The second kappa shape index (κ2) is 10.2. The Hall–Kier alpha value is -2.74. The van der Waals surface area contributed by atoms with Crippen molar-refractivity contribution in [3.05, 3.63) is 54.1 Å². The monoisotopic (exact) mass is 420 g/mol. The van der Waals surface area contributed by atoms with Gasteiger partial charge >= 0.3 is 16.1 Å². The van der Waals surface area contributed by atoms with Gasteiger partial charge in [-0.1, -0.05) is 25.1 Å². The van der Waals surface area contributed by atoms with Crippen molar-refractivity contribution >= 4 is 16.1 Å². The highest BCUT2D eigenvalue weighted by atomic mass is 32.2. The standard InChI is InChI=1S/C21H28N2O5S/c1-5-16(3)23(21(24)22-6-2)15-17-9-7-8-10-20(17)28-29(25,26)19-13-11-18(27-4)12-14-19/h7-14,16H,5-6,15H2,1-4H3,(H,22,24)/t16-/m0/s1. The molecule has 0 fully saturated rings. The van der Waals surface area contributed by atoms with Crippen LogP contribution in [0.25, 0.3) is 0 Å². The van der Waals surface area contributed by atoms with E-state index >= 15 is 0 Å². The molecule has 0 aliphatic heterocycles. The first-order valence-corrected chi connectivity index (χ1v) is 10.9. The molecular formula is C21H28N2O5S. The van der Waals surface area contributed by atoms with Crippen LogP contribution in [-0.4, -0.2) is 39.0 Å². The molecule has 2 rings (SSSR count). The third kappa shape index (κ3) is 5.87. The Morgan fingerprint density at radius 1 is 1.10 bits per heavy atom. The van der Waals surface area contributed by atoms with E-state index in [1.54, 1.807) is 41.3 Å². The number of carbonyl (C=O) groups is 1. The van der Waals surface area contributed by atoms with Gasteiger partial charge in [0.25, 0.3) is 0 Å². The van der Waals surface area contributed by atoms with E-state index in [-0.39, 0.29) is 29.3 Å². The summed E-state index contributed by atoms with van der Waals surface area (Å²) in [6, 6.07) is 12.6. The van der Waals surface area contributed by atoms with E-state index in [4.69, 9.17) is 8.92 Å². The Labute approximate surface area is 172 Å². The summed E-state index contributed by atoms with van der Waals surface area (Å²) in [5, 5.41) is 2.80. The van der Waals surface area contributed by atoms with Gasteiger partial charge < -0.3 is 19.1 Å². The quantitative estimate of drug-likeness (QED) is 0.624. The van der Waals surface area contributed by atoms with Crippen LogP contribution in [0.5, 0.6) is 11.5 Å². The SMILES string of the molecule is CCNC(=O)N(Cc1ccccc1OS(=O)(=O)c1ccc(OC)cc1)[C@@H](C)CC. The van der Waals surface area contributed by atoms with Gasteiger partial charge in [-0.15, -0.1) is 0 Å². The van der Waals surface area contributed by atoms with E-state index in [1.807, 2.05) is 20.8 Å². The van der Waals surface area contributed by atoms with Crippen molar-refractivity contribution in [3.8, 4) is 11.5 Å². The maximum atomic E-state index is 12.7.